The monoisotopic (exact) mass is 378 g/mol. The van der Waals surface area contributed by atoms with Crippen molar-refractivity contribution in [2.24, 2.45) is 5.41 Å². The SMILES string of the molecule is CCC[C@]1(C(=O)O)CCN(Cc2cc(=O)c3cc(Cl)ccc3[nH]2)C[C@H]1O. The van der Waals surface area contributed by atoms with Crippen molar-refractivity contribution in [3.63, 3.8) is 0 Å². The number of carboxylic acid groups (broad SMARTS) is 1. The van der Waals surface area contributed by atoms with Gasteiger partial charge in [-0.2, -0.15) is 0 Å². The predicted molar refractivity (Wildman–Crippen MR) is 100 cm³/mol. The van der Waals surface area contributed by atoms with Gasteiger partial charge in [0, 0.05) is 40.8 Å². The molecule has 2 heterocycles. The van der Waals surface area contributed by atoms with E-state index >= 15 is 0 Å². The highest BCUT2D eigenvalue weighted by Gasteiger charge is 2.47. The van der Waals surface area contributed by atoms with Gasteiger partial charge in [-0.25, -0.2) is 0 Å². The highest BCUT2D eigenvalue weighted by Crippen LogP contribution is 2.37. The number of pyridine rings is 1. The Labute approximate surface area is 156 Å². The maximum Gasteiger partial charge on any atom is 0.312 e. The molecule has 3 rings (SSSR count). The van der Waals surface area contributed by atoms with Gasteiger partial charge in [0.1, 0.15) is 0 Å². The summed E-state index contributed by atoms with van der Waals surface area (Å²) in [6.07, 6.45) is 0.638. The number of aliphatic hydroxyl groups is 1. The van der Waals surface area contributed by atoms with Crippen LogP contribution in [0.2, 0.25) is 5.02 Å². The van der Waals surface area contributed by atoms with Crippen LogP contribution in [0.4, 0.5) is 0 Å². The molecule has 1 aliphatic rings. The maximum atomic E-state index is 12.3. The summed E-state index contributed by atoms with van der Waals surface area (Å²) in [5, 5.41) is 21.2. The van der Waals surface area contributed by atoms with Gasteiger partial charge in [0.25, 0.3) is 0 Å². The molecule has 140 valence electrons. The lowest BCUT2D eigenvalue weighted by Crippen LogP contribution is -2.54. The first-order chi connectivity index (χ1) is 12.4. The van der Waals surface area contributed by atoms with E-state index in [0.717, 1.165) is 5.69 Å². The number of nitrogens with one attached hydrogen (secondary N) is 1. The van der Waals surface area contributed by atoms with Gasteiger partial charge in [-0.3, -0.25) is 14.5 Å². The van der Waals surface area contributed by atoms with Crippen molar-refractivity contribution >= 4 is 28.5 Å². The summed E-state index contributed by atoms with van der Waals surface area (Å²) in [6.45, 7) is 3.21. The van der Waals surface area contributed by atoms with E-state index in [1.807, 2.05) is 11.8 Å². The Kier molecular flexibility index (Phi) is 5.37. The second-order valence-electron chi connectivity index (χ2n) is 7.06. The van der Waals surface area contributed by atoms with E-state index in [0.29, 0.717) is 48.3 Å². The van der Waals surface area contributed by atoms with Crippen molar-refractivity contribution in [2.45, 2.75) is 38.8 Å². The number of hydrogen-bond acceptors (Lipinski definition) is 4. The van der Waals surface area contributed by atoms with Gasteiger partial charge < -0.3 is 15.2 Å². The number of piperidine rings is 1. The minimum absolute atomic E-state index is 0.111. The molecule has 1 aromatic heterocycles. The Balaban J connectivity index is 1.79. The fraction of sp³-hybridized carbons (Fsp3) is 0.474. The van der Waals surface area contributed by atoms with E-state index in [4.69, 9.17) is 11.6 Å². The number of carbonyl (C=O) groups is 1. The Bertz CT molecular complexity index is 881. The molecule has 1 fully saturated rings. The zero-order chi connectivity index (χ0) is 18.9. The van der Waals surface area contributed by atoms with Gasteiger partial charge in [0.15, 0.2) is 5.43 Å². The average Bonchev–Trinajstić information content (AvgIpc) is 2.58. The molecule has 0 spiro atoms. The lowest BCUT2D eigenvalue weighted by Gasteiger charge is -2.42. The van der Waals surface area contributed by atoms with Crippen molar-refractivity contribution in [1.29, 1.82) is 0 Å². The van der Waals surface area contributed by atoms with Crippen molar-refractivity contribution < 1.29 is 15.0 Å². The van der Waals surface area contributed by atoms with Gasteiger partial charge in [-0.05, 0) is 37.6 Å². The fourth-order valence-corrected chi connectivity index (χ4v) is 4.05. The van der Waals surface area contributed by atoms with Crippen LogP contribution in [0.25, 0.3) is 10.9 Å². The number of carboxylic acids is 1. The number of likely N-dealkylation sites (tertiary alicyclic amines) is 1. The van der Waals surface area contributed by atoms with E-state index in [-0.39, 0.29) is 12.0 Å². The van der Waals surface area contributed by atoms with E-state index < -0.39 is 17.5 Å². The average molecular weight is 379 g/mol. The molecular weight excluding hydrogens is 356 g/mol. The topological polar surface area (TPSA) is 93.6 Å². The number of aromatic nitrogens is 1. The number of H-pyrrole nitrogens is 1. The van der Waals surface area contributed by atoms with Crippen LogP contribution >= 0.6 is 11.6 Å². The van der Waals surface area contributed by atoms with Crippen LogP contribution in [0.15, 0.2) is 29.1 Å². The maximum absolute atomic E-state index is 12.3. The third-order valence-corrected chi connectivity index (χ3v) is 5.54. The standard InChI is InChI=1S/C19H23ClN2O4/c1-2-5-19(18(25)26)6-7-22(11-17(19)24)10-13-9-16(23)14-8-12(20)3-4-15(14)21-13/h3-4,8-9,17,24H,2,5-7,10-11H2,1H3,(H,21,23)(H,25,26)/t17-,19+/m1/s1. The molecule has 1 aromatic carbocycles. The van der Waals surface area contributed by atoms with Gasteiger partial charge in [-0.15, -0.1) is 0 Å². The lowest BCUT2D eigenvalue weighted by molar-refractivity contribution is -0.164. The highest BCUT2D eigenvalue weighted by molar-refractivity contribution is 6.31. The Hall–Kier alpha value is -1.89. The zero-order valence-corrected chi connectivity index (χ0v) is 15.4. The van der Waals surface area contributed by atoms with Gasteiger partial charge in [0.05, 0.1) is 11.5 Å². The molecule has 0 saturated carbocycles. The second-order valence-corrected chi connectivity index (χ2v) is 7.50. The molecule has 1 saturated heterocycles. The normalized spacial score (nSPS) is 24.0. The number of β-amino-alcohol motifs (C(OH)–C–C–N with tert-alkyl or cyclic N) is 1. The third kappa shape index (κ3) is 3.49. The second kappa shape index (κ2) is 7.39. The number of halogens is 1. The number of benzene rings is 1. The Morgan fingerprint density at radius 2 is 2.19 bits per heavy atom. The molecule has 7 heteroatoms. The summed E-state index contributed by atoms with van der Waals surface area (Å²) >= 11 is 5.94. The molecule has 3 N–H and O–H groups in total. The lowest BCUT2D eigenvalue weighted by atomic mass is 9.73. The number of aliphatic carboxylic acids is 1. The predicted octanol–water partition coefficient (Wildman–Crippen LogP) is 2.62. The van der Waals surface area contributed by atoms with Gasteiger partial charge in [-0.1, -0.05) is 24.9 Å². The number of rotatable bonds is 5. The van der Waals surface area contributed by atoms with Crippen LogP contribution in [-0.4, -0.2) is 45.3 Å². The number of fused-ring (bicyclic) bond motifs is 1. The number of aliphatic hydroxyl groups excluding tert-OH is 1. The van der Waals surface area contributed by atoms with E-state index in [2.05, 4.69) is 4.98 Å². The summed E-state index contributed by atoms with van der Waals surface area (Å²) < 4.78 is 0. The first-order valence-electron chi connectivity index (χ1n) is 8.81. The first kappa shape index (κ1) is 18.9. The molecule has 0 aliphatic carbocycles. The van der Waals surface area contributed by atoms with E-state index in [1.54, 1.807) is 18.2 Å². The van der Waals surface area contributed by atoms with E-state index in [9.17, 15) is 19.8 Å². The van der Waals surface area contributed by atoms with E-state index in [1.165, 1.54) is 6.07 Å². The molecule has 26 heavy (non-hydrogen) atoms. The van der Waals surface area contributed by atoms with Crippen molar-refractivity contribution in [3.05, 3.63) is 45.2 Å². The van der Waals surface area contributed by atoms with Crippen LogP contribution in [0, 0.1) is 5.41 Å². The summed E-state index contributed by atoms with van der Waals surface area (Å²) in [5.41, 5.74) is 0.258. The molecule has 1 aliphatic heterocycles. The summed E-state index contributed by atoms with van der Waals surface area (Å²) in [6, 6.07) is 6.66. The summed E-state index contributed by atoms with van der Waals surface area (Å²) in [7, 11) is 0. The molecular formula is C19H23ClN2O4. The number of aromatic amines is 1. The third-order valence-electron chi connectivity index (χ3n) is 5.31. The number of hydrogen-bond donors (Lipinski definition) is 3. The number of nitrogens with zero attached hydrogens (tertiary/aromatic N) is 1. The molecule has 0 amide bonds. The molecule has 6 nitrogen and oxygen atoms in total. The van der Waals surface area contributed by atoms with Gasteiger partial charge >= 0.3 is 5.97 Å². The zero-order valence-electron chi connectivity index (χ0n) is 14.7. The van der Waals surface area contributed by atoms with Crippen molar-refractivity contribution in [2.75, 3.05) is 13.1 Å². The quantitative estimate of drug-likeness (QED) is 0.743. The molecule has 0 unspecified atom stereocenters. The Morgan fingerprint density at radius 3 is 2.85 bits per heavy atom. The van der Waals surface area contributed by atoms with Crippen LogP contribution in [0.5, 0.6) is 0 Å². The molecule has 2 aromatic rings. The summed E-state index contributed by atoms with van der Waals surface area (Å²) in [4.78, 5) is 29.2. The minimum Gasteiger partial charge on any atom is -0.481 e. The first-order valence-corrected chi connectivity index (χ1v) is 9.19. The summed E-state index contributed by atoms with van der Waals surface area (Å²) in [5.74, 6) is -0.928. The van der Waals surface area contributed by atoms with Gasteiger partial charge in [0.2, 0.25) is 0 Å². The fourth-order valence-electron chi connectivity index (χ4n) is 3.87. The Morgan fingerprint density at radius 1 is 1.42 bits per heavy atom. The largest absolute Gasteiger partial charge is 0.481 e. The van der Waals surface area contributed by atoms with Crippen molar-refractivity contribution in [3.8, 4) is 0 Å². The van der Waals surface area contributed by atoms with Crippen LogP contribution in [-0.2, 0) is 11.3 Å². The smallest absolute Gasteiger partial charge is 0.312 e. The van der Waals surface area contributed by atoms with Crippen LogP contribution in [0.3, 0.4) is 0 Å². The molecule has 0 radical (unpaired) electrons. The van der Waals surface area contributed by atoms with Crippen molar-refractivity contribution in [1.82, 2.24) is 9.88 Å². The highest BCUT2D eigenvalue weighted by atomic mass is 35.5. The minimum atomic E-state index is -1.07. The molecule has 2 atom stereocenters. The van der Waals surface area contributed by atoms with Crippen LogP contribution < -0.4 is 5.43 Å². The van der Waals surface area contributed by atoms with Crippen LogP contribution in [0.1, 0.15) is 31.9 Å². The molecule has 0 bridgehead atoms.